The van der Waals surface area contributed by atoms with Crippen molar-refractivity contribution in [3.8, 4) is 11.5 Å². The number of nitrogens with one attached hydrogen (secondary N) is 1. The van der Waals surface area contributed by atoms with Crippen molar-refractivity contribution in [2.75, 3.05) is 31.7 Å². The van der Waals surface area contributed by atoms with Crippen LogP contribution in [-0.2, 0) is 4.79 Å². The van der Waals surface area contributed by atoms with Crippen LogP contribution >= 0.6 is 0 Å². The number of carbonyl (C=O) groups excluding carboxylic acids is 1. The van der Waals surface area contributed by atoms with Crippen LogP contribution in [0.2, 0.25) is 0 Å². The third kappa shape index (κ3) is 3.60. The molecule has 21 heavy (non-hydrogen) atoms. The third-order valence-electron chi connectivity index (χ3n) is 4.00. The van der Waals surface area contributed by atoms with Crippen LogP contribution in [0, 0.1) is 0 Å². The molecule has 0 aromatic heterocycles. The minimum absolute atomic E-state index is 0.255. The van der Waals surface area contributed by atoms with Gasteiger partial charge in [-0.1, -0.05) is 12.8 Å². The lowest BCUT2D eigenvalue weighted by Crippen LogP contribution is -2.32. The second-order valence-corrected chi connectivity index (χ2v) is 5.54. The number of hydrogen-bond donors (Lipinski definition) is 1. The molecule has 1 aromatic rings. The highest BCUT2D eigenvalue weighted by Gasteiger charge is 2.16. The van der Waals surface area contributed by atoms with Gasteiger partial charge in [0.1, 0.15) is 0 Å². The molecule has 1 aromatic carbocycles. The van der Waals surface area contributed by atoms with Crippen LogP contribution in [0.3, 0.4) is 0 Å². The molecule has 0 saturated carbocycles. The standard InChI is InChI=1S/C16H22N2O3/c19-16(18-9-3-1-2-4-10-18)7-8-17-13-5-6-14-15(11-13)21-12-20-14/h5-6,11,17H,1-4,7-10,12H2. The summed E-state index contributed by atoms with van der Waals surface area (Å²) in [5.74, 6) is 1.80. The van der Waals surface area contributed by atoms with Crippen LogP contribution < -0.4 is 14.8 Å². The van der Waals surface area contributed by atoms with Crippen molar-refractivity contribution >= 4 is 11.6 Å². The van der Waals surface area contributed by atoms with E-state index in [1.807, 2.05) is 23.1 Å². The highest BCUT2D eigenvalue weighted by Crippen LogP contribution is 2.34. The number of fused-ring (bicyclic) bond motifs is 1. The number of anilines is 1. The van der Waals surface area contributed by atoms with Crippen LogP contribution in [0.1, 0.15) is 32.1 Å². The topological polar surface area (TPSA) is 50.8 Å². The number of hydrogen-bond acceptors (Lipinski definition) is 4. The van der Waals surface area contributed by atoms with Gasteiger partial charge in [-0.05, 0) is 25.0 Å². The van der Waals surface area contributed by atoms with Gasteiger partial charge in [0.2, 0.25) is 12.7 Å². The Balaban J connectivity index is 1.46. The molecule has 5 nitrogen and oxygen atoms in total. The number of likely N-dealkylation sites (tertiary alicyclic amines) is 1. The molecule has 2 aliphatic rings. The van der Waals surface area contributed by atoms with E-state index in [1.165, 1.54) is 12.8 Å². The molecule has 0 unspecified atom stereocenters. The van der Waals surface area contributed by atoms with E-state index in [0.717, 1.165) is 43.1 Å². The number of amides is 1. The van der Waals surface area contributed by atoms with Crippen molar-refractivity contribution < 1.29 is 14.3 Å². The molecule has 114 valence electrons. The summed E-state index contributed by atoms with van der Waals surface area (Å²) in [5, 5.41) is 3.28. The van der Waals surface area contributed by atoms with Crippen molar-refractivity contribution in [2.45, 2.75) is 32.1 Å². The zero-order valence-corrected chi connectivity index (χ0v) is 12.3. The molecule has 0 spiro atoms. The Labute approximate surface area is 125 Å². The fourth-order valence-corrected chi connectivity index (χ4v) is 2.80. The quantitative estimate of drug-likeness (QED) is 0.926. The number of carbonyl (C=O) groups is 1. The zero-order chi connectivity index (χ0) is 14.5. The molecular formula is C16H22N2O3. The number of nitrogens with zero attached hydrogens (tertiary/aromatic N) is 1. The molecule has 0 bridgehead atoms. The van der Waals surface area contributed by atoms with Gasteiger partial charge in [-0.2, -0.15) is 0 Å². The van der Waals surface area contributed by atoms with E-state index >= 15 is 0 Å². The highest BCUT2D eigenvalue weighted by molar-refractivity contribution is 5.76. The van der Waals surface area contributed by atoms with Gasteiger partial charge < -0.3 is 19.7 Å². The minimum atomic E-state index is 0.255. The molecule has 1 saturated heterocycles. The van der Waals surface area contributed by atoms with E-state index < -0.39 is 0 Å². The van der Waals surface area contributed by atoms with Crippen molar-refractivity contribution in [1.82, 2.24) is 4.90 Å². The number of benzene rings is 1. The Hall–Kier alpha value is -1.91. The molecule has 2 aliphatic heterocycles. The largest absolute Gasteiger partial charge is 0.454 e. The summed E-state index contributed by atoms with van der Waals surface area (Å²) in [7, 11) is 0. The summed E-state index contributed by atoms with van der Waals surface area (Å²) in [6, 6.07) is 5.75. The summed E-state index contributed by atoms with van der Waals surface area (Å²) in [6.45, 7) is 2.77. The fourth-order valence-electron chi connectivity index (χ4n) is 2.80. The first-order chi connectivity index (χ1) is 10.3. The number of ether oxygens (including phenoxy) is 2. The maximum Gasteiger partial charge on any atom is 0.231 e. The van der Waals surface area contributed by atoms with E-state index in [1.54, 1.807) is 0 Å². The second kappa shape index (κ2) is 6.70. The van der Waals surface area contributed by atoms with Gasteiger partial charge >= 0.3 is 0 Å². The molecule has 1 amide bonds. The second-order valence-electron chi connectivity index (χ2n) is 5.54. The first-order valence-corrected chi connectivity index (χ1v) is 7.74. The maximum absolute atomic E-state index is 12.2. The van der Waals surface area contributed by atoms with Crippen LogP contribution in [0.5, 0.6) is 11.5 Å². The van der Waals surface area contributed by atoms with Gasteiger partial charge in [-0.15, -0.1) is 0 Å². The molecule has 0 atom stereocenters. The number of rotatable bonds is 4. The van der Waals surface area contributed by atoms with E-state index in [9.17, 15) is 4.79 Å². The molecule has 5 heteroatoms. The molecule has 2 heterocycles. The normalized spacial score (nSPS) is 17.4. The predicted molar refractivity (Wildman–Crippen MR) is 80.7 cm³/mol. The average molecular weight is 290 g/mol. The fraction of sp³-hybridized carbons (Fsp3) is 0.562. The lowest BCUT2D eigenvalue weighted by atomic mass is 10.2. The summed E-state index contributed by atoms with van der Waals surface area (Å²) in [4.78, 5) is 14.2. The summed E-state index contributed by atoms with van der Waals surface area (Å²) >= 11 is 0. The zero-order valence-electron chi connectivity index (χ0n) is 12.3. The smallest absolute Gasteiger partial charge is 0.231 e. The molecule has 1 fully saturated rings. The molecule has 1 N–H and O–H groups in total. The molecule has 3 rings (SSSR count). The lowest BCUT2D eigenvalue weighted by Gasteiger charge is -2.20. The van der Waals surface area contributed by atoms with Crippen molar-refractivity contribution in [3.05, 3.63) is 18.2 Å². The lowest BCUT2D eigenvalue weighted by molar-refractivity contribution is -0.130. The monoisotopic (exact) mass is 290 g/mol. The Kier molecular flexibility index (Phi) is 4.48. The van der Waals surface area contributed by atoms with Gasteiger partial charge in [-0.25, -0.2) is 0 Å². The van der Waals surface area contributed by atoms with E-state index in [2.05, 4.69) is 5.32 Å². The summed E-state index contributed by atoms with van der Waals surface area (Å²) in [5.41, 5.74) is 0.961. The van der Waals surface area contributed by atoms with E-state index in [-0.39, 0.29) is 12.7 Å². The van der Waals surface area contributed by atoms with Crippen molar-refractivity contribution in [3.63, 3.8) is 0 Å². The SMILES string of the molecule is O=C(CCNc1ccc2c(c1)OCO2)N1CCCCCC1. The van der Waals surface area contributed by atoms with E-state index in [4.69, 9.17) is 9.47 Å². The Morgan fingerprint density at radius 1 is 1.10 bits per heavy atom. The molecule has 0 aliphatic carbocycles. The summed E-state index contributed by atoms with van der Waals surface area (Å²) < 4.78 is 10.6. The third-order valence-corrected chi connectivity index (χ3v) is 4.00. The van der Waals surface area contributed by atoms with Crippen molar-refractivity contribution in [1.29, 1.82) is 0 Å². The Morgan fingerprint density at radius 2 is 1.86 bits per heavy atom. The van der Waals surface area contributed by atoms with Gasteiger partial charge in [-0.3, -0.25) is 4.79 Å². The molecule has 0 radical (unpaired) electrons. The van der Waals surface area contributed by atoms with Crippen molar-refractivity contribution in [2.24, 2.45) is 0 Å². The van der Waals surface area contributed by atoms with Crippen LogP contribution in [0.4, 0.5) is 5.69 Å². The minimum Gasteiger partial charge on any atom is -0.454 e. The first-order valence-electron chi connectivity index (χ1n) is 7.74. The van der Waals surface area contributed by atoms with Crippen LogP contribution in [0.15, 0.2) is 18.2 Å². The molecular weight excluding hydrogens is 268 g/mol. The van der Waals surface area contributed by atoms with E-state index in [0.29, 0.717) is 13.0 Å². The van der Waals surface area contributed by atoms with Crippen LogP contribution in [-0.4, -0.2) is 37.2 Å². The highest BCUT2D eigenvalue weighted by atomic mass is 16.7. The van der Waals surface area contributed by atoms with Gasteiger partial charge in [0.25, 0.3) is 0 Å². The average Bonchev–Trinajstić information content (AvgIpc) is 2.79. The van der Waals surface area contributed by atoms with Gasteiger partial charge in [0.05, 0.1) is 0 Å². The van der Waals surface area contributed by atoms with Gasteiger partial charge in [0, 0.05) is 37.8 Å². The Morgan fingerprint density at radius 3 is 2.67 bits per heavy atom. The first kappa shape index (κ1) is 14.0. The van der Waals surface area contributed by atoms with Gasteiger partial charge in [0.15, 0.2) is 11.5 Å². The van der Waals surface area contributed by atoms with Crippen LogP contribution in [0.25, 0.3) is 0 Å². The Bertz CT molecular complexity index is 496. The summed E-state index contributed by atoms with van der Waals surface area (Å²) in [6.07, 6.45) is 5.32. The predicted octanol–water partition coefficient (Wildman–Crippen LogP) is 2.62. The maximum atomic E-state index is 12.2.